The predicted octanol–water partition coefficient (Wildman–Crippen LogP) is 2.50. The first-order valence-corrected chi connectivity index (χ1v) is 8.70. The molecule has 0 saturated carbocycles. The van der Waals surface area contributed by atoms with Crippen molar-refractivity contribution in [2.24, 2.45) is 0 Å². The second-order valence-corrected chi connectivity index (χ2v) is 7.13. The molecule has 2 aliphatic rings. The highest BCUT2D eigenvalue weighted by atomic mass is 35.5. The number of aromatic nitrogens is 1. The number of likely N-dealkylation sites (tertiary alicyclic amines) is 2. The standard InChI is InChI=1S/C17H24ClN5/c1-12-15(9-19)17(20-10-16(12)18)21-13-3-8-23(11-13)14-4-6-22(2)7-5-14/h10,13-14H,3-8,11H2,1-2H3,(H,20,21). The van der Waals surface area contributed by atoms with Gasteiger partial charge in [0.05, 0.1) is 10.6 Å². The molecule has 5 nitrogen and oxygen atoms in total. The topological polar surface area (TPSA) is 55.2 Å². The molecule has 1 aromatic heterocycles. The van der Waals surface area contributed by atoms with Crippen LogP contribution in [-0.2, 0) is 0 Å². The van der Waals surface area contributed by atoms with Crippen molar-refractivity contribution in [2.75, 3.05) is 38.5 Å². The fraction of sp³-hybridized carbons (Fsp3) is 0.647. The van der Waals surface area contributed by atoms with Crippen LogP contribution in [-0.4, -0.2) is 60.1 Å². The zero-order chi connectivity index (χ0) is 16.4. The maximum absolute atomic E-state index is 9.37. The molecule has 0 amide bonds. The number of nitriles is 1. The number of hydrogen-bond donors (Lipinski definition) is 1. The van der Waals surface area contributed by atoms with E-state index in [-0.39, 0.29) is 0 Å². The Hall–Kier alpha value is -1.35. The first kappa shape index (κ1) is 16.5. The Bertz CT molecular complexity index is 604. The predicted molar refractivity (Wildman–Crippen MR) is 92.8 cm³/mol. The molecule has 0 aliphatic carbocycles. The van der Waals surface area contributed by atoms with Crippen molar-refractivity contribution in [3.8, 4) is 6.07 Å². The summed E-state index contributed by atoms with van der Waals surface area (Å²) in [6, 6.07) is 3.29. The summed E-state index contributed by atoms with van der Waals surface area (Å²) in [5.74, 6) is 0.671. The average molecular weight is 334 g/mol. The zero-order valence-corrected chi connectivity index (χ0v) is 14.6. The van der Waals surface area contributed by atoms with Gasteiger partial charge in [0.1, 0.15) is 11.9 Å². The minimum absolute atomic E-state index is 0.356. The van der Waals surface area contributed by atoms with Crippen molar-refractivity contribution < 1.29 is 0 Å². The number of pyridine rings is 1. The molecule has 0 spiro atoms. The molecular weight excluding hydrogens is 310 g/mol. The minimum atomic E-state index is 0.356. The fourth-order valence-corrected chi connectivity index (χ4v) is 3.76. The molecule has 3 heterocycles. The van der Waals surface area contributed by atoms with Gasteiger partial charge in [-0.1, -0.05) is 11.6 Å². The van der Waals surface area contributed by atoms with Gasteiger partial charge in [-0.3, -0.25) is 4.90 Å². The maximum atomic E-state index is 9.37. The van der Waals surface area contributed by atoms with E-state index in [1.165, 1.54) is 25.9 Å². The fourth-order valence-electron chi connectivity index (χ4n) is 3.62. The highest BCUT2D eigenvalue weighted by Gasteiger charge is 2.30. The van der Waals surface area contributed by atoms with E-state index >= 15 is 0 Å². The molecule has 2 saturated heterocycles. The molecule has 2 fully saturated rings. The summed E-state index contributed by atoms with van der Waals surface area (Å²) < 4.78 is 0. The van der Waals surface area contributed by atoms with E-state index in [0.29, 0.717) is 28.5 Å². The van der Waals surface area contributed by atoms with Gasteiger partial charge < -0.3 is 10.2 Å². The van der Waals surface area contributed by atoms with Crippen LogP contribution in [0.3, 0.4) is 0 Å². The Morgan fingerprint density at radius 1 is 1.30 bits per heavy atom. The van der Waals surface area contributed by atoms with Crippen LogP contribution >= 0.6 is 11.6 Å². The van der Waals surface area contributed by atoms with Crippen LogP contribution in [0, 0.1) is 18.3 Å². The van der Waals surface area contributed by atoms with Gasteiger partial charge in [-0.15, -0.1) is 0 Å². The lowest BCUT2D eigenvalue weighted by molar-refractivity contribution is 0.143. The van der Waals surface area contributed by atoms with Crippen LogP contribution < -0.4 is 5.32 Å². The van der Waals surface area contributed by atoms with Gasteiger partial charge in [0, 0.05) is 31.4 Å². The molecule has 6 heteroatoms. The summed E-state index contributed by atoms with van der Waals surface area (Å²) in [6.45, 7) is 6.40. The van der Waals surface area contributed by atoms with Gasteiger partial charge in [-0.2, -0.15) is 5.26 Å². The van der Waals surface area contributed by atoms with E-state index in [4.69, 9.17) is 11.6 Å². The zero-order valence-electron chi connectivity index (χ0n) is 13.8. The third-order valence-corrected chi connectivity index (χ3v) is 5.53. The lowest BCUT2D eigenvalue weighted by Crippen LogP contribution is -2.43. The SMILES string of the molecule is Cc1c(Cl)cnc(NC2CCN(C3CCN(C)CC3)C2)c1C#N. The second kappa shape index (κ2) is 7.04. The largest absolute Gasteiger partial charge is 0.365 e. The lowest BCUT2D eigenvalue weighted by Gasteiger charge is -2.35. The molecule has 124 valence electrons. The highest BCUT2D eigenvalue weighted by Crippen LogP contribution is 2.26. The summed E-state index contributed by atoms with van der Waals surface area (Å²) in [7, 11) is 2.20. The van der Waals surface area contributed by atoms with E-state index in [1.807, 2.05) is 6.92 Å². The average Bonchev–Trinajstić information content (AvgIpc) is 3.00. The van der Waals surface area contributed by atoms with Crippen molar-refractivity contribution in [3.05, 3.63) is 22.3 Å². The Morgan fingerprint density at radius 3 is 2.74 bits per heavy atom. The first-order valence-electron chi connectivity index (χ1n) is 8.33. The first-order chi connectivity index (χ1) is 11.1. The molecular formula is C17H24ClN5. The Morgan fingerprint density at radius 2 is 2.04 bits per heavy atom. The van der Waals surface area contributed by atoms with Gasteiger partial charge in [0.15, 0.2) is 0 Å². The minimum Gasteiger partial charge on any atom is -0.365 e. The van der Waals surface area contributed by atoms with Crippen LogP contribution in [0.25, 0.3) is 0 Å². The molecule has 1 N–H and O–H groups in total. The smallest absolute Gasteiger partial charge is 0.144 e. The van der Waals surface area contributed by atoms with E-state index < -0.39 is 0 Å². The van der Waals surface area contributed by atoms with E-state index in [0.717, 1.165) is 25.1 Å². The molecule has 2 aliphatic heterocycles. The summed E-state index contributed by atoms with van der Waals surface area (Å²) in [5, 5.41) is 13.4. The van der Waals surface area contributed by atoms with Crippen LogP contribution in [0.15, 0.2) is 6.20 Å². The highest BCUT2D eigenvalue weighted by molar-refractivity contribution is 6.31. The number of nitrogens with one attached hydrogen (secondary N) is 1. The second-order valence-electron chi connectivity index (χ2n) is 6.73. The number of halogens is 1. The number of anilines is 1. The molecule has 1 aromatic rings. The summed E-state index contributed by atoms with van der Waals surface area (Å²) >= 11 is 6.06. The Labute approximate surface area is 143 Å². The molecule has 0 bridgehead atoms. The van der Waals surface area contributed by atoms with Gasteiger partial charge in [-0.25, -0.2) is 4.98 Å². The van der Waals surface area contributed by atoms with E-state index in [9.17, 15) is 5.26 Å². The Kier molecular flexibility index (Phi) is 5.05. The van der Waals surface area contributed by atoms with Crippen LogP contribution in [0.4, 0.5) is 5.82 Å². The van der Waals surface area contributed by atoms with Crippen molar-refractivity contribution in [1.29, 1.82) is 5.26 Å². The number of hydrogen-bond acceptors (Lipinski definition) is 5. The maximum Gasteiger partial charge on any atom is 0.144 e. The molecule has 1 atom stereocenters. The number of rotatable bonds is 3. The number of nitrogens with zero attached hydrogens (tertiary/aromatic N) is 4. The van der Waals surface area contributed by atoms with Crippen LogP contribution in [0.2, 0.25) is 5.02 Å². The molecule has 3 rings (SSSR count). The van der Waals surface area contributed by atoms with E-state index in [1.54, 1.807) is 6.20 Å². The normalized spacial score (nSPS) is 23.8. The van der Waals surface area contributed by atoms with Crippen LogP contribution in [0.5, 0.6) is 0 Å². The summed E-state index contributed by atoms with van der Waals surface area (Å²) in [5.41, 5.74) is 1.37. The quantitative estimate of drug-likeness (QED) is 0.921. The monoisotopic (exact) mass is 333 g/mol. The third kappa shape index (κ3) is 3.60. The van der Waals surface area contributed by atoms with Crippen molar-refractivity contribution in [3.63, 3.8) is 0 Å². The van der Waals surface area contributed by atoms with Gasteiger partial charge in [-0.05, 0) is 51.9 Å². The molecule has 0 radical (unpaired) electrons. The number of piperidine rings is 1. The van der Waals surface area contributed by atoms with Crippen molar-refractivity contribution in [2.45, 2.75) is 38.3 Å². The summed E-state index contributed by atoms with van der Waals surface area (Å²) in [6.07, 6.45) is 5.24. The lowest BCUT2D eigenvalue weighted by atomic mass is 10.0. The third-order valence-electron chi connectivity index (χ3n) is 5.15. The molecule has 0 aromatic carbocycles. The Balaban J connectivity index is 1.62. The van der Waals surface area contributed by atoms with Crippen LogP contribution in [0.1, 0.15) is 30.4 Å². The van der Waals surface area contributed by atoms with Crippen molar-refractivity contribution >= 4 is 17.4 Å². The molecule has 1 unspecified atom stereocenters. The molecule has 23 heavy (non-hydrogen) atoms. The van der Waals surface area contributed by atoms with Crippen molar-refractivity contribution in [1.82, 2.24) is 14.8 Å². The van der Waals surface area contributed by atoms with Gasteiger partial charge in [0.25, 0.3) is 0 Å². The van der Waals surface area contributed by atoms with Gasteiger partial charge in [0.2, 0.25) is 0 Å². The van der Waals surface area contributed by atoms with Gasteiger partial charge >= 0.3 is 0 Å². The van der Waals surface area contributed by atoms with E-state index in [2.05, 4.69) is 33.2 Å². The summed E-state index contributed by atoms with van der Waals surface area (Å²) in [4.78, 5) is 9.33.